The Morgan fingerprint density at radius 3 is 1.11 bits per heavy atom. The molecule has 11 aromatic carbocycles. The molecule has 0 amide bonds. The molecule has 0 aliphatic heterocycles. The van der Waals surface area contributed by atoms with E-state index in [2.05, 4.69) is 215 Å². The number of rotatable bonds is 12. The van der Waals surface area contributed by atoms with Gasteiger partial charge in [0.15, 0.2) is 0 Å². The number of anilines is 2. The Morgan fingerprint density at radius 1 is 0.344 bits per heavy atom. The Bertz CT molecular complexity index is 3180. The van der Waals surface area contributed by atoms with E-state index in [9.17, 15) is 0 Å². The number of thioether (sulfide) groups is 2. The van der Waals surface area contributed by atoms with Crippen LogP contribution in [0.3, 0.4) is 0 Å². The molecule has 310 valence electrons. The van der Waals surface area contributed by atoms with Crippen molar-refractivity contribution >= 4 is 121 Å². The maximum Gasteiger partial charge on any atom is 0.314 e. The second-order valence-corrected chi connectivity index (χ2v) is 18.8. The molecule has 4 nitrogen and oxygen atoms in total. The van der Waals surface area contributed by atoms with Crippen LogP contribution in [0.2, 0.25) is 0 Å². The fourth-order valence-corrected chi connectivity index (χ4v) is 10.9. The summed E-state index contributed by atoms with van der Waals surface area (Å²) in [5.41, 5.74) is 7.16. The number of para-hydroxylation sites is 2. The Balaban J connectivity index is 0.737. The van der Waals surface area contributed by atoms with E-state index in [0.29, 0.717) is 0 Å². The smallest absolute Gasteiger partial charge is 0.235 e. The summed E-state index contributed by atoms with van der Waals surface area (Å²) in [5.74, 6) is 1.98. The summed E-state index contributed by atoms with van der Waals surface area (Å²) in [7, 11) is 0. The quantitative estimate of drug-likeness (QED) is 0.0428. The number of hydrogen-bond acceptors (Lipinski definition) is 2. The predicted molar refractivity (Wildman–Crippen MR) is 280 cm³/mol. The van der Waals surface area contributed by atoms with Crippen molar-refractivity contribution in [1.29, 1.82) is 0 Å². The summed E-state index contributed by atoms with van der Waals surface area (Å²) in [6, 6.07) is 70.3. The van der Waals surface area contributed by atoms with Crippen molar-refractivity contribution in [2.45, 2.75) is 25.7 Å². The first-order chi connectivity index (χ1) is 31.7. The van der Waals surface area contributed by atoms with Gasteiger partial charge in [0.1, 0.15) is 22.7 Å². The van der Waals surface area contributed by atoms with Gasteiger partial charge in [-0.1, -0.05) is 146 Å². The number of hydrogen-bond donors (Lipinski definition) is 4. The van der Waals surface area contributed by atoms with Gasteiger partial charge in [0, 0.05) is 33.1 Å². The van der Waals surface area contributed by atoms with Gasteiger partial charge in [0.05, 0.1) is 0 Å². The molecule has 0 saturated carbocycles. The van der Waals surface area contributed by atoms with Crippen LogP contribution in [0.4, 0.5) is 22.7 Å². The summed E-state index contributed by atoms with van der Waals surface area (Å²) in [6.45, 7) is 0. The number of benzene rings is 11. The van der Waals surface area contributed by atoms with Gasteiger partial charge in [-0.25, -0.2) is 20.6 Å². The fourth-order valence-electron chi connectivity index (χ4n) is 9.22. The van der Waals surface area contributed by atoms with Crippen LogP contribution in [0.5, 0.6) is 0 Å². The van der Waals surface area contributed by atoms with Crippen LogP contribution in [0.1, 0.15) is 24.0 Å². The first-order valence-corrected chi connectivity index (χ1v) is 24.3. The molecule has 6 heteroatoms. The van der Waals surface area contributed by atoms with Gasteiger partial charge in [-0.2, -0.15) is 0 Å². The second-order valence-electron chi connectivity index (χ2n) is 16.5. The van der Waals surface area contributed by atoms with Gasteiger partial charge in [0.2, 0.25) is 0 Å². The van der Waals surface area contributed by atoms with Crippen LogP contribution in [0.15, 0.2) is 194 Å². The van der Waals surface area contributed by atoms with Gasteiger partial charge < -0.3 is 0 Å². The van der Waals surface area contributed by atoms with Crippen LogP contribution < -0.4 is 20.6 Å². The molecule has 0 fully saturated rings. The first kappa shape index (κ1) is 40.0. The molecule has 4 N–H and O–H groups in total. The number of aryl methyl sites for hydroxylation is 2. The molecular weight excluding hydrogens is 817 g/mol. The third-order valence-corrected chi connectivity index (χ3v) is 14.3. The zero-order valence-electron chi connectivity index (χ0n) is 35.5. The SMILES string of the molecule is c1ccc(NC(=[NH+]c2ccc3ccc4cccc5ccc2c3c45)SCCCc2ccc(CCCSC(Nc3ccccc3)=[NH+]c3ccc4ccc5cccc6ccc3c4c56)cc2)cc1. The third kappa shape index (κ3) is 8.35. The highest BCUT2D eigenvalue weighted by molar-refractivity contribution is 8.14. The van der Waals surface area contributed by atoms with E-state index in [1.165, 1.54) is 75.8 Å². The minimum atomic E-state index is 0.992. The summed E-state index contributed by atoms with van der Waals surface area (Å²) >= 11 is 3.70. The normalized spacial score (nSPS) is 12.4. The first-order valence-electron chi connectivity index (χ1n) is 22.3. The van der Waals surface area contributed by atoms with Crippen LogP contribution >= 0.6 is 23.5 Å². The van der Waals surface area contributed by atoms with E-state index in [-0.39, 0.29) is 0 Å². The molecule has 11 rings (SSSR count). The lowest BCUT2D eigenvalue weighted by Gasteiger charge is -2.12. The predicted octanol–water partition coefficient (Wildman–Crippen LogP) is 12.6. The molecule has 0 aliphatic carbocycles. The minimum absolute atomic E-state index is 0.992. The van der Waals surface area contributed by atoms with Crippen LogP contribution in [-0.4, -0.2) is 21.8 Å². The van der Waals surface area contributed by atoms with Crippen molar-refractivity contribution in [1.82, 2.24) is 0 Å². The number of nitrogens with one attached hydrogen (secondary N) is 4. The van der Waals surface area contributed by atoms with E-state index in [1.807, 2.05) is 23.5 Å². The molecule has 0 aliphatic rings. The molecule has 64 heavy (non-hydrogen) atoms. The maximum absolute atomic E-state index is 3.82. The zero-order chi connectivity index (χ0) is 42.7. The van der Waals surface area contributed by atoms with E-state index in [0.717, 1.165) is 70.3 Å². The average Bonchev–Trinajstić information content (AvgIpc) is 3.34. The molecule has 0 radical (unpaired) electrons. The van der Waals surface area contributed by atoms with Crippen LogP contribution in [-0.2, 0) is 12.8 Å². The van der Waals surface area contributed by atoms with Gasteiger partial charge >= 0.3 is 10.3 Å². The maximum atomic E-state index is 3.82. The lowest BCUT2D eigenvalue weighted by atomic mass is 9.94. The van der Waals surface area contributed by atoms with Crippen molar-refractivity contribution in [3.05, 3.63) is 205 Å². The number of amidine groups is 2. The molecule has 0 heterocycles. The van der Waals surface area contributed by atoms with E-state index in [4.69, 9.17) is 0 Å². The summed E-state index contributed by atoms with van der Waals surface area (Å²) in [5, 5.41) is 24.9. The lowest BCUT2D eigenvalue weighted by molar-refractivity contribution is -0.348. The van der Waals surface area contributed by atoms with E-state index < -0.39 is 0 Å². The highest BCUT2D eigenvalue weighted by Crippen LogP contribution is 2.38. The van der Waals surface area contributed by atoms with Crippen LogP contribution in [0.25, 0.3) is 64.6 Å². The zero-order valence-corrected chi connectivity index (χ0v) is 37.2. The monoisotopic (exact) mass is 864 g/mol. The van der Waals surface area contributed by atoms with Crippen molar-refractivity contribution in [2.75, 3.05) is 22.1 Å². The standard InChI is InChI=1S/C58H46N4S2/c1-3-17-47(18-4-1)59-57(61-51-35-31-45-27-25-41-13-7-15-43-29-33-49(51)55(45)53(41)43)63-37-9-11-39-21-23-40(24-22-39)12-10-38-64-58(60-48-19-5-2-6-20-48)62-52-36-32-46-28-26-42-14-8-16-44-30-34-50(52)56(46)54(42)44/h1-8,13-36H,9-12,37-38H2,(H,59,61)(H,60,62)/p+2. The van der Waals surface area contributed by atoms with Gasteiger partial charge in [0.25, 0.3) is 0 Å². The second kappa shape index (κ2) is 18.1. The van der Waals surface area contributed by atoms with E-state index >= 15 is 0 Å². The van der Waals surface area contributed by atoms with Crippen LogP contribution in [0, 0.1) is 0 Å². The Kier molecular flexibility index (Phi) is 11.3. The molecule has 0 spiro atoms. The molecule has 11 aromatic rings. The topological polar surface area (TPSA) is 52.0 Å². The highest BCUT2D eigenvalue weighted by atomic mass is 32.2. The molecule has 0 bridgehead atoms. The minimum Gasteiger partial charge on any atom is -0.235 e. The summed E-state index contributed by atoms with van der Waals surface area (Å²) in [6.07, 6.45) is 4.23. The third-order valence-electron chi connectivity index (χ3n) is 12.4. The van der Waals surface area contributed by atoms with Crippen molar-refractivity contribution in [3.63, 3.8) is 0 Å². The molecule has 0 atom stereocenters. The van der Waals surface area contributed by atoms with Crippen molar-refractivity contribution in [3.8, 4) is 0 Å². The largest absolute Gasteiger partial charge is 0.314 e. The molecule has 0 unspecified atom stereocenters. The summed E-state index contributed by atoms with van der Waals surface area (Å²) < 4.78 is 0. The molecular formula is C58H48N4S2+2. The molecule has 0 aromatic heterocycles. The Labute approximate surface area is 382 Å². The summed E-state index contributed by atoms with van der Waals surface area (Å²) in [4.78, 5) is 7.63. The van der Waals surface area contributed by atoms with Gasteiger partial charge in [-0.3, -0.25) is 0 Å². The highest BCUT2D eigenvalue weighted by Gasteiger charge is 2.17. The van der Waals surface area contributed by atoms with Gasteiger partial charge in [-0.05, 0) is 152 Å². The van der Waals surface area contributed by atoms with Crippen molar-refractivity contribution in [2.24, 2.45) is 0 Å². The lowest BCUT2D eigenvalue weighted by Crippen LogP contribution is -2.67. The van der Waals surface area contributed by atoms with Crippen molar-refractivity contribution < 1.29 is 9.98 Å². The Hall–Kier alpha value is -6.86. The average molecular weight is 865 g/mol. The molecule has 0 saturated heterocycles. The Morgan fingerprint density at radius 2 is 0.703 bits per heavy atom. The van der Waals surface area contributed by atoms with Gasteiger partial charge in [-0.15, -0.1) is 0 Å². The van der Waals surface area contributed by atoms with E-state index in [1.54, 1.807) is 0 Å². The fraction of sp³-hybridized carbons (Fsp3) is 0.103.